The molecule has 0 saturated carbocycles. The minimum Gasteiger partial charge on any atom is -0.497 e. The Morgan fingerprint density at radius 3 is 2.44 bits per heavy atom. The molecule has 4 rings (SSSR count). The van der Waals surface area contributed by atoms with Crippen LogP contribution < -0.4 is 9.64 Å². The van der Waals surface area contributed by atoms with Gasteiger partial charge < -0.3 is 14.7 Å². The maximum Gasteiger partial charge on any atom is 0.416 e. The number of anilines is 1. The molecule has 3 aromatic carbocycles. The van der Waals surface area contributed by atoms with Crippen molar-refractivity contribution in [1.82, 2.24) is 0 Å². The van der Waals surface area contributed by atoms with Crippen LogP contribution in [0, 0.1) is 5.82 Å². The number of hydrogen-bond donors (Lipinski definition) is 1. The fourth-order valence-corrected chi connectivity index (χ4v) is 4.85. The predicted molar refractivity (Wildman–Crippen MR) is 141 cm³/mol. The summed E-state index contributed by atoms with van der Waals surface area (Å²) in [6, 6.07) is 16.9. The Morgan fingerprint density at radius 1 is 1.08 bits per heavy atom. The van der Waals surface area contributed by atoms with E-state index in [1.807, 2.05) is 43.0 Å². The summed E-state index contributed by atoms with van der Waals surface area (Å²) in [7, 11) is 1.54. The molecule has 0 spiro atoms. The van der Waals surface area contributed by atoms with Crippen LogP contribution in [0.15, 0.2) is 88.7 Å². The molecule has 39 heavy (non-hydrogen) atoms. The molecule has 0 saturated heterocycles. The normalized spacial score (nSPS) is 18.4. The van der Waals surface area contributed by atoms with Gasteiger partial charge >= 0.3 is 6.18 Å². The molecule has 0 fully saturated rings. The van der Waals surface area contributed by atoms with Gasteiger partial charge in [0.15, 0.2) is 0 Å². The van der Waals surface area contributed by atoms with E-state index >= 15 is 0 Å². The van der Waals surface area contributed by atoms with Crippen LogP contribution in [0.1, 0.15) is 36.1 Å². The van der Waals surface area contributed by atoms with Gasteiger partial charge in [0.05, 0.1) is 18.9 Å². The van der Waals surface area contributed by atoms with Crippen molar-refractivity contribution in [1.29, 1.82) is 0 Å². The molecular weight excluding hydrogens is 557 g/mol. The maximum atomic E-state index is 14.3. The van der Waals surface area contributed by atoms with Gasteiger partial charge in [-0.05, 0) is 86.0 Å². The number of halogens is 4. The zero-order chi connectivity index (χ0) is 27.5. The number of hydrogen-bond acceptors (Lipinski definition) is 4. The largest absolute Gasteiger partial charge is 0.497 e. The van der Waals surface area contributed by atoms with E-state index in [9.17, 15) is 22.7 Å². The van der Waals surface area contributed by atoms with E-state index in [1.165, 1.54) is 13.3 Å². The van der Waals surface area contributed by atoms with Crippen molar-refractivity contribution in [3.63, 3.8) is 0 Å². The van der Waals surface area contributed by atoms with E-state index in [-0.39, 0.29) is 34.7 Å². The van der Waals surface area contributed by atoms with E-state index in [0.717, 1.165) is 29.1 Å². The second-order valence-corrected chi connectivity index (χ2v) is 9.09. The van der Waals surface area contributed by atoms with Gasteiger partial charge in [-0.1, -0.05) is 18.2 Å². The molecule has 1 atom stereocenters. The van der Waals surface area contributed by atoms with E-state index in [0.29, 0.717) is 23.9 Å². The number of alkyl halides is 3. The zero-order valence-electron chi connectivity index (χ0n) is 21.5. The van der Waals surface area contributed by atoms with E-state index in [4.69, 9.17) is 4.74 Å². The van der Waals surface area contributed by atoms with Crippen LogP contribution in [0.25, 0.3) is 0 Å². The summed E-state index contributed by atoms with van der Waals surface area (Å²) in [6.07, 6.45) is -1.45. The van der Waals surface area contributed by atoms with Gasteiger partial charge in [0.1, 0.15) is 11.6 Å². The van der Waals surface area contributed by atoms with Gasteiger partial charge in [-0.2, -0.15) is 18.3 Å². The van der Waals surface area contributed by atoms with Gasteiger partial charge in [0, 0.05) is 45.7 Å². The first kappa shape index (κ1) is 29.9. The Morgan fingerprint density at radius 2 is 1.79 bits per heavy atom. The zero-order valence-corrected chi connectivity index (χ0v) is 22.5. The van der Waals surface area contributed by atoms with Crippen LogP contribution in [0.4, 0.5) is 23.2 Å². The first-order valence-corrected chi connectivity index (χ1v) is 12.0. The van der Waals surface area contributed by atoms with Gasteiger partial charge in [-0.25, -0.2) is 4.39 Å². The van der Waals surface area contributed by atoms with Crippen LogP contribution in [0.5, 0.6) is 5.75 Å². The minimum absolute atomic E-state index is 0. The van der Waals surface area contributed by atoms with E-state index in [2.05, 4.69) is 10.2 Å². The van der Waals surface area contributed by atoms with Crippen LogP contribution in [0.3, 0.4) is 0 Å². The third-order valence-electron chi connectivity index (χ3n) is 6.59. The van der Waals surface area contributed by atoms with Crippen LogP contribution >= 0.6 is 0 Å². The Balaban J connectivity index is 0.00000420. The Bertz CT molecular complexity index is 1410. The number of benzene rings is 3. The van der Waals surface area contributed by atoms with Gasteiger partial charge in [0.25, 0.3) is 0 Å². The summed E-state index contributed by atoms with van der Waals surface area (Å²) in [5, 5.41) is 18.0. The molecule has 1 radical (unpaired) electrons. The summed E-state index contributed by atoms with van der Waals surface area (Å²) >= 11 is 0. The second-order valence-electron chi connectivity index (χ2n) is 9.09. The van der Waals surface area contributed by atoms with Crippen molar-refractivity contribution in [2.24, 2.45) is 10.2 Å². The monoisotopic (exact) mass is 584 g/mol. The number of ether oxygens (including phenoxy) is 1. The summed E-state index contributed by atoms with van der Waals surface area (Å²) < 4.78 is 60.0. The van der Waals surface area contributed by atoms with Crippen molar-refractivity contribution in [2.75, 3.05) is 18.6 Å². The first-order chi connectivity index (χ1) is 18.1. The number of allylic oxidation sites excluding steroid dienone is 2. The first-order valence-electron chi connectivity index (χ1n) is 12.0. The average molecular weight is 584 g/mol. The van der Waals surface area contributed by atoms with Gasteiger partial charge in [-0.15, -0.1) is 5.10 Å². The van der Waals surface area contributed by atoms with Crippen molar-refractivity contribution in [3.8, 4) is 5.75 Å². The number of likely N-dealkylation sites (N-methyl/N-ethyl adjacent to an activating group) is 1. The topological polar surface area (TPSA) is 57.4 Å². The third kappa shape index (κ3) is 6.34. The Labute approximate surface area is 234 Å². The van der Waals surface area contributed by atoms with Crippen LogP contribution in [-0.2, 0) is 34.8 Å². The number of aliphatic hydroxyl groups excluding tert-OH is 1. The molecule has 1 N–H and O–H groups in total. The third-order valence-corrected chi connectivity index (χ3v) is 6.59. The molecule has 0 amide bonds. The number of aliphatic hydroxyl groups is 1. The molecule has 3 aromatic rings. The minimum atomic E-state index is -4.67. The molecule has 1 unspecified atom stereocenters. The van der Waals surface area contributed by atoms with E-state index in [1.54, 1.807) is 30.3 Å². The standard InChI is InChI=1S/C29H27F4N3O2.Co/c1-4-36-25-11-10-23(38-3)17-24(25)28(2,18-19-14-21(29(31,32)33)16-22(30)15-19)26(36)12-13-34-35-27(37)20-8-6-5-7-9-20;/h5-17H,4,18H2,1-3H3,(H,35,37);/b26-12-,34-13+;. The van der Waals surface area contributed by atoms with Crippen molar-refractivity contribution < 1.29 is 44.2 Å². The molecule has 1 aliphatic rings. The van der Waals surface area contributed by atoms with Crippen molar-refractivity contribution in [2.45, 2.75) is 31.9 Å². The maximum absolute atomic E-state index is 14.3. The van der Waals surface area contributed by atoms with Gasteiger partial charge in [-0.3, -0.25) is 0 Å². The molecule has 1 aliphatic heterocycles. The SMILES string of the molecule is CCN1\C(=C/C=N/N=C(\O)c2ccccc2)C(C)(Cc2cc(F)cc(C(F)(F)F)c2)c2cc(OC)ccc21.[Co]. The van der Waals surface area contributed by atoms with Crippen LogP contribution in [0.2, 0.25) is 0 Å². The Kier molecular flexibility index (Phi) is 9.24. The smallest absolute Gasteiger partial charge is 0.416 e. The number of nitrogens with zero attached hydrogens (tertiary/aromatic N) is 3. The molecule has 0 bridgehead atoms. The van der Waals surface area contributed by atoms with Crippen molar-refractivity contribution >= 4 is 17.8 Å². The predicted octanol–water partition coefficient (Wildman–Crippen LogP) is 7.07. The molecule has 1 heterocycles. The average Bonchev–Trinajstić information content (AvgIpc) is 3.12. The van der Waals surface area contributed by atoms with E-state index < -0.39 is 23.0 Å². The quantitative estimate of drug-likeness (QED) is 0.140. The number of fused-ring (bicyclic) bond motifs is 1. The summed E-state index contributed by atoms with van der Waals surface area (Å²) in [6.45, 7) is 4.40. The number of rotatable bonds is 7. The second kappa shape index (κ2) is 12.0. The summed E-state index contributed by atoms with van der Waals surface area (Å²) in [5.41, 5.74) is 1.24. The van der Waals surface area contributed by atoms with Crippen molar-refractivity contribution in [3.05, 3.63) is 107 Å². The molecule has 0 aromatic heterocycles. The Hall–Kier alpha value is -3.63. The van der Waals surface area contributed by atoms with Crippen LogP contribution in [-0.4, -0.2) is 30.9 Å². The number of methoxy groups -OCH3 is 1. The summed E-state index contributed by atoms with van der Waals surface area (Å²) in [4.78, 5) is 2.02. The molecular formula is C29H27CoF4N3O2. The molecule has 0 aliphatic carbocycles. The summed E-state index contributed by atoms with van der Waals surface area (Å²) in [5.74, 6) is -0.616. The molecule has 207 valence electrons. The van der Waals surface area contributed by atoms with Gasteiger partial charge in [0.2, 0.25) is 5.90 Å². The fourth-order valence-electron chi connectivity index (χ4n) is 4.85. The fraction of sp³-hybridized carbons (Fsp3) is 0.241. The molecule has 10 heteroatoms. The molecule has 5 nitrogen and oxygen atoms in total.